The van der Waals surface area contributed by atoms with Crippen LogP contribution < -0.4 is 4.57 Å². The van der Waals surface area contributed by atoms with Crippen molar-refractivity contribution in [2.24, 2.45) is 0 Å². The lowest BCUT2D eigenvalue weighted by molar-refractivity contribution is -0.730. The zero-order chi connectivity index (χ0) is 16.8. The van der Waals surface area contributed by atoms with Gasteiger partial charge in [0.15, 0.2) is 11.7 Å². The molecule has 1 nitrogen and oxygen atoms in total. The van der Waals surface area contributed by atoms with Gasteiger partial charge in [0.05, 0.1) is 10.9 Å². The molecule has 23 heavy (non-hydrogen) atoms. The number of aromatic nitrogens is 1. The van der Waals surface area contributed by atoms with Gasteiger partial charge in [-0.15, -0.1) is 0 Å². The lowest BCUT2D eigenvalue weighted by atomic mass is 9.88. The number of aryl methyl sites for hydroxylation is 2. The Kier molecular flexibility index (Phi) is 3.75. The van der Waals surface area contributed by atoms with Crippen LogP contribution in [-0.4, -0.2) is 0 Å². The van der Waals surface area contributed by atoms with Crippen molar-refractivity contribution in [1.82, 2.24) is 0 Å². The molecule has 0 atom stereocenters. The standard InChI is InChI=1S/C20H20N.C2H6/c1-13-11-14(2)18-17(12-13)19-16-8-6-5-7-15(16)9-10-21(19)20(18,3)4;1-2/h5-12H,1-4H3;1-2H3/q+1;. The third kappa shape index (κ3) is 2.18. The highest BCUT2D eigenvalue weighted by Crippen LogP contribution is 2.42. The van der Waals surface area contributed by atoms with Crippen molar-refractivity contribution >= 4 is 10.8 Å². The quantitative estimate of drug-likeness (QED) is 0.480. The molecule has 2 heterocycles. The van der Waals surface area contributed by atoms with Gasteiger partial charge < -0.3 is 0 Å². The summed E-state index contributed by atoms with van der Waals surface area (Å²) in [5, 5.41) is 2.66. The van der Waals surface area contributed by atoms with Crippen LogP contribution in [-0.2, 0) is 5.54 Å². The molecule has 1 heteroatoms. The largest absolute Gasteiger partial charge is 0.221 e. The van der Waals surface area contributed by atoms with Gasteiger partial charge in [0.25, 0.3) is 0 Å². The molecular weight excluding hydrogens is 278 g/mol. The van der Waals surface area contributed by atoms with E-state index in [0.29, 0.717) is 0 Å². The van der Waals surface area contributed by atoms with E-state index in [2.05, 4.69) is 80.9 Å². The van der Waals surface area contributed by atoms with Crippen LogP contribution in [0.2, 0.25) is 0 Å². The molecule has 0 N–H and O–H groups in total. The smallest absolute Gasteiger partial charge is 0.189 e. The maximum absolute atomic E-state index is 2.44. The molecule has 0 saturated carbocycles. The van der Waals surface area contributed by atoms with E-state index in [-0.39, 0.29) is 5.54 Å². The Bertz CT molecular complexity index is 888. The van der Waals surface area contributed by atoms with Crippen LogP contribution in [0.1, 0.15) is 44.4 Å². The first-order chi connectivity index (χ1) is 11.0. The Morgan fingerprint density at radius 2 is 1.61 bits per heavy atom. The molecule has 118 valence electrons. The summed E-state index contributed by atoms with van der Waals surface area (Å²) in [4.78, 5) is 0. The monoisotopic (exact) mass is 304 g/mol. The molecule has 2 aromatic carbocycles. The van der Waals surface area contributed by atoms with Crippen molar-refractivity contribution in [3.63, 3.8) is 0 Å². The van der Waals surface area contributed by atoms with E-state index in [0.717, 1.165) is 0 Å². The summed E-state index contributed by atoms with van der Waals surface area (Å²) < 4.78 is 2.44. The first kappa shape index (κ1) is 15.7. The van der Waals surface area contributed by atoms with E-state index in [1.165, 1.54) is 38.7 Å². The second-order valence-electron chi connectivity index (χ2n) is 6.68. The van der Waals surface area contributed by atoms with Gasteiger partial charge in [0, 0.05) is 25.5 Å². The van der Waals surface area contributed by atoms with E-state index < -0.39 is 0 Å². The normalized spacial score (nSPS) is 14.0. The average Bonchev–Trinajstić information content (AvgIpc) is 2.77. The topological polar surface area (TPSA) is 3.88 Å². The minimum atomic E-state index is 0.00643. The maximum Gasteiger partial charge on any atom is 0.221 e. The number of fused-ring (bicyclic) bond motifs is 5. The Hall–Kier alpha value is -2.15. The molecule has 0 unspecified atom stereocenters. The van der Waals surface area contributed by atoms with Gasteiger partial charge in [-0.2, -0.15) is 4.57 Å². The molecule has 1 aliphatic heterocycles. The minimum Gasteiger partial charge on any atom is -0.189 e. The van der Waals surface area contributed by atoms with Gasteiger partial charge in [0.2, 0.25) is 5.69 Å². The van der Waals surface area contributed by atoms with Crippen LogP contribution in [0.3, 0.4) is 0 Å². The molecule has 0 aliphatic carbocycles. The van der Waals surface area contributed by atoms with E-state index in [9.17, 15) is 0 Å². The molecular formula is C22H26N+. The van der Waals surface area contributed by atoms with Crippen molar-refractivity contribution in [3.8, 4) is 11.3 Å². The molecule has 1 aromatic heterocycles. The molecule has 0 bridgehead atoms. The van der Waals surface area contributed by atoms with Crippen molar-refractivity contribution in [2.45, 2.75) is 47.1 Å². The van der Waals surface area contributed by atoms with Gasteiger partial charge in [-0.3, -0.25) is 0 Å². The van der Waals surface area contributed by atoms with Crippen LogP contribution in [0.15, 0.2) is 48.7 Å². The third-order valence-corrected chi connectivity index (χ3v) is 4.81. The fraction of sp³-hybridized carbons (Fsp3) is 0.318. The van der Waals surface area contributed by atoms with Gasteiger partial charge in [-0.25, -0.2) is 0 Å². The van der Waals surface area contributed by atoms with Crippen molar-refractivity contribution in [3.05, 3.63) is 65.4 Å². The number of nitrogens with zero attached hydrogens (tertiary/aromatic N) is 1. The summed E-state index contributed by atoms with van der Waals surface area (Å²) >= 11 is 0. The fourth-order valence-electron chi connectivity index (χ4n) is 4.04. The number of benzene rings is 2. The molecule has 0 spiro atoms. The van der Waals surface area contributed by atoms with Gasteiger partial charge >= 0.3 is 0 Å². The van der Waals surface area contributed by atoms with Crippen LogP contribution in [0, 0.1) is 13.8 Å². The molecule has 0 saturated heterocycles. The van der Waals surface area contributed by atoms with Gasteiger partial charge in [-0.05, 0) is 42.5 Å². The highest BCUT2D eigenvalue weighted by Gasteiger charge is 2.45. The molecule has 0 radical (unpaired) electrons. The fourth-order valence-corrected chi connectivity index (χ4v) is 4.04. The molecule has 4 rings (SSSR count). The lowest BCUT2D eigenvalue weighted by Crippen LogP contribution is -2.50. The zero-order valence-electron chi connectivity index (χ0n) is 15.1. The van der Waals surface area contributed by atoms with E-state index in [1.807, 2.05) is 13.8 Å². The van der Waals surface area contributed by atoms with Crippen molar-refractivity contribution in [2.75, 3.05) is 0 Å². The van der Waals surface area contributed by atoms with Crippen LogP contribution in [0.25, 0.3) is 22.0 Å². The maximum atomic E-state index is 2.44. The average molecular weight is 304 g/mol. The first-order valence-corrected chi connectivity index (χ1v) is 8.56. The predicted molar refractivity (Wildman–Crippen MR) is 98.8 cm³/mol. The predicted octanol–water partition coefficient (Wildman–Crippen LogP) is 5.53. The van der Waals surface area contributed by atoms with E-state index in [1.54, 1.807) is 0 Å². The summed E-state index contributed by atoms with van der Waals surface area (Å²) in [6.45, 7) is 13.1. The SMILES string of the molecule is CC.Cc1cc(C)c2c(c1)-c1c3ccccc3cc[n+]1C2(C)C. The molecule has 3 aromatic rings. The summed E-state index contributed by atoms with van der Waals surface area (Å²) in [6.07, 6.45) is 2.24. The minimum absolute atomic E-state index is 0.00643. The van der Waals surface area contributed by atoms with Crippen LogP contribution in [0.4, 0.5) is 0 Å². The zero-order valence-corrected chi connectivity index (χ0v) is 15.1. The summed E-state index contributed by atoms with van der Waals surface area (Å²) in [5.74, 6) is 0. The Labute approximate surface area is 139 Å². The summed E-state index contributed by atoms with van der Waals surface area (Å²) in [5.41, 5.74) is 6.96. The van der Waals surface area contributed by atoms with Crippen molar-refractivity contribution in [1.29, 1.82) is 0 Å². The second kappa shape index (κ2) is 5.49. The van der Waals surface area contributed by atoms with Crippen LogP contribution >= 0.6 is 0 Å². The third-order valence-electron chi connectivity index (χ3n) is 4.81. The Morgan fingerprint density at radius 3 is 2.35 bits per heavy atom. The molecule has 0 amide bonds. The lowest BCUT2D eigenvalue weighted by Gasteiger charge is -2.17. The number of pyridine rings is 1. The van der Waals surface area contributed by atoms with E-state index in [4.69, 9.17) is 0 Å². The van der Waals surface area contributed by atoms with E-state index >= 15 is 0 Å². The highest BCUT2D eigenvalue weighted by molar-refractivity contribution is 5.94. The van der Waals surface area contributed by atoms with Gasteiger partial charge in [0.1, 0.15) is 0 Å². The Balaban J connectivity index is 0.000000753. The second-order valence-corrected chi connectivity index (χ2v) is 6.68. The van der Waals surface area contributed by atoms with Crippen LogP contribution in [0.5, 0.6) is 0 Å². The molecule has 1 aliphatic rings. The number of rotatable bonds is 0. The summed E-state index contributed by atoms with van der Waals surface area (Å²) in [6, 6.07) is 15.6. The number of hydrogen-bond donors (Lipinski definition) is 0. The Morgan fingerprint density at radius 1 is 0.913 bits per heavy atom. The number of hydrogen-bond acceptors (Lipinski definition) is 0. The first-order valence-electron chi connectivity index (χ1n) is 8.56. The van der Waals surface area contributed by atoms with Crippen molar-refractivity contribution < 1.29 is 4.57 Å². The van der Waals surface area contributed by atoms with Gasteiger partial charge in [-0.1, -0.05) is 38.1 Å². The molecule has 0 fully saturated rings. The summed E-state index contributed by atoms with van der Waals surface area (Å²) in [7, 11) is 0. The highest BCUT2D eigenvalue weighted by atomic mass is 15.1.